The van der Waals surface area contributed by atoms with Crippen LogP contribution >= 0.6 is 11.6 Å². The van der Waals surface area contributed by atoms with Gasteiger partial charge in [-0.1, -0.05) is 25.4 Å². The quantitative estimate of drug-likeness (QED) is 0.874. The molecule has 0 aliphatic carbocycles. The van der Waals surface area contributed by atoms with Gasteiger partial charge in [0.1, 0.15) is 5.15 Å². The van der Waals surface area contributed by atoms with Crippen LogP contribution in [0.3, 0.4) is 0 Å². The molecular formula is C16H25ClN4O. The second kappa shape index (κ2) is 8.44. The zero-order chi connectivity index (χ0) is 15.9. The van der Waals surface area contributed by atoms with Crippen molar-refractivity contribution in [3.8, 4) is 0 Å². The molecule has 2 rings (SSSR count). The number of nitrogens with zero attached hydrogens (tertiary/aromatic N) is 3. The molecule has 0 bridgehead atoms. The maximum atomic E-state index is 12.4. The maximum absolute atomic E-state index is 12.4. The fourth-order valence-corrected chi connectivity index (χ4v) is 2.98. The van der Waals surface area contributed by atoms with Crippen LogP contribution in [0, 0.1) is 5.92 Å². The first kappa shape index (κ1) is 17.2. The lowest BCUT2D eigenvalue weighted by Gasteiger charge is -2.34. The highest BCUT2D eigenvalue weighted by atomic mass is 35.5. The number of aromatic nitrogens is 2. The molecule has 1 N–H and O–H groups in total. The van der Waals surface area contributed by atoms with E-state index in [0.29, 0.717) is 23.6 Å². The van der Waals surface area contributed by atoms with Crippen LogP contribution in [0.4, 0.5) is 0 Å². The number of carbonyl (C=O) groups is 1. The van der Waals surface area contributed by atoms with Gasteiger partial charge in [0.2, 0.25) is 5.91 Å². The van der Waals surface area contributed by atoms with Crippen molar-refractivity contribution in [1.82, 2.24) is 20.2 Å². The SMILES string of the molecule is CCC(CC)C(=O)N1CCC(NCc2cnc(Cl)cn2)CC1. The van der Waals surface area contributed by atoms with Crippen molar-refractivity contribution in [1.29, 1.82) is 0 Å². The van der Waals surface area contributed by atoms with E-state index in [-0.39, 0.29) is 5.92 Å². The summed E-state index contributed by atoms with van der Waals surface area (Å²) in [6, 6.07) is 0.434. The van der Waals surface area contributed by atoms with Gasteiger partial charge < -0.3 is 10.2 Å². The third-order valence-electron chi connectivity index (χ3n) is 4.39. The van der Waals surface area contributed by atoms with Gasteiger partial charge in [0, 0.05) is 31.6 Å². The van der Waals surface area contributed by atoms with Gasteiger partial charge in [-0.05, 0) is 25.7 Å². The fourth-order valence-electron chi connectivity index (χ4n) is 2.88. The van der Waals surface area contributed by atoms with Gasteiger partial charge in [0.15, 0.2) is 0 Å². The number of hydrogen-bond donors (Lipinski definition) is 1. The Hall–Kier alpha value is -1.20. The minimum absolute atomic E-state index is 0.189. The molecule has 2 heterocycles. The average Bonchev–Trinajstić information content (AvgIpc) is 2.56. The number of hydrogen-bond acceptors (Lipinski definition) is 4. The number of rotatable bonds is 6. The van der Waals surface area contributed by atoms with Crippen molar-refractivity contribution >= 4 is 17.5 Å². The van der Waals surface area contributed by atoms with Crippen LogP contribution in [0.5, 0.6) is 0 Å². The van der Waals surface area contributed by atoms with E-state index in [9.17, 15) is 4.79 Å². The van der Waals surface area contributed by atoms with Crippen LogP contribution in [0.25, 0.3) is 0 Å². The molecular weight excluding hydrogens is 300 g/mol. The smallest absolute Gasteiger partial charge is 0.225 e. The van der Waals surface area contributed by atoms with Crippen LogP contribution in [0.1, 0.15) is 45.2 Å². The Morgan fingerprint density at radius 2 is 2.00 bits per heavy atom. The summed E-state index contributed by atoms with van der Waals surface area (Å²) in [5, 5.41) is 3.90. The van der Waals surface area contributed by atoms with Gasteiger partial charge in [-0.2, -0.15) is 0 Å². The van der Waals surface area contributed by atoms with Crippen molar-refractivity contribution in [2.75, 3.05) is 13.1 Å². The second-order valence-electron chi connectivity index (χ2n) is 5.82. The zero-order valence-electron chi connectivity index (χ0n) is 13.4. The Balaban J connectivity index is 1.75. The highest BCUT2D eigenvalue weighted by Gasteiger charge is 2.26. The molecule has 0 radical (unpaired) electrons. The van der Waals surface area contributed by atoms with E-state index >= 15 is 0 Å². The summed E-state index contributed by atoms with van der Waals surface area (Å²) in [6.45, 7) is 6.56. The Morgan fingerprint density at radius 3 is 2.55 bits per heavy atom. The first-order valence-electron chi connectivity index (χ1n) is 8.12. The molecule has 1 aromatic rings. The molecule has 22 heavy (non-hydrogen) atoms. The molecule has 6 heteroatoms. The average molecular weight is 325 g/mol. The summed E-state index contributed by atoms with van der Waals surface area (Å²) in [6.07, 6.45) is 7.11. The van der Waals surface area contributed by atoms with E-state index in [1.165, 1.54) is 0 Å². The molecule has 122 valence electrons. The van der Waals surface area contributed by atoms with Crippen molar-refractivity contribution in [3.05, 3.63) is 23.2 Å². The second-order valence-corrected chi connectivity index (χ2v) is 6.21. The lowest BCUT2D eigenvalue weighted by atomic mass is 9.98. The minimum Gasteiger partial charge on any atom is -0.342 e. The molecule has 0 saturated carbocycles. The molecule has 1 aromatic heterocycles. The lowest BCUT2D eigenvalue weighted by molar-refractivity contribution is -0.136. The minimum atomic E-state index is 0.189. The Labute approximate surface area is 137 Å². The Morgan fingerprint density at radius 1 is 1.32 bits per heavy atom. The highest BCUT2D eigenvalue weighted by Crippen LogP contribution is 2.17. The third kappa shape index (κ3) is 4.65. The van der Waals surface area contributed by atoms with E-state index in [1.807, 2.05) is 4.90 Å². The number of nitrogens with one attached hydrogen (secondary N) is 1. The van der Waals surface area contributed by atoms with E-state index in [4.69, 9.17) is 11.6 Å². The topological polar surface area (TPSA) is 58.1 Å². The number of halogens is 1. The molecule has 1 aliphatic heterocycles. The number of amides is 1. The molecule has 0 aromatic carbocycles. The monoisotopic (exact) mass is 324 g/mol. The zero-order valence-corrected chi connectivity index (χ0v) is 14.1. The van der Waals surface area contributed by atoms with Crippen molar-refractivity contribution < 1.29 is 4.79 Å². The molecule has 1 amide bonds. The predicted octanol–water partition coefficient (Wildman–Crippen LogP) is 2.65. The summed E-state index contributed by atoms with van der Waals surface area (Å²) in [5.74, 6) is 0.515. The Bertz CT molecular complexity index is 468. The summed E-state index contributed by atoms with van der Waals surface area (Å²) >= 11 is 5.72. The Kier molecular flexibility index (Phi) is 6.58. The molecule has 5 nitrogen and oxygen atoms in total. The molecule has 1 aliphatic rings. The fraction of sp³-hybridized carbons (Fsp3) is 0.688. The summed E-state index contributed by atoms with van der Waals surface area (Å²) < 4.78 is 0. The molecule has 0 spiro atoms. The van der Waals surface area contributed by atoms with Gasteiger partial charge in [-0.15, -0.1) is 0 Å². The van der Waals surface area contributed by atoms with E-state index < -0.39 is 0 Å². The van der Waals surface area contributed by atoms with Gasteiger partial charge >= 0.3 is 0 Å². The first-order chi connectivity index (χ1) is 10.6. The van der Waals surface area contributed by atoms with Gasteiger partial charge in [0.05, 0.1) is 18.1 Å². The third-order valence-corrected chi connectivity index (χ3v) is 4.58. The predicted molar refractivity (Wildman–Crippen MR) is 87.6 cm³/mol. The van der Waals surface area contributed by atoms with Crippen LogP contribution in [-0.2, 0) is 11.3 Å². The van der Waals surface area contributed by atoms with Crippen molar-refractivity contribution in [2.45, 2.75) is 52.1 Å². The van der Waals surface area contributed by atoms with Gasteiger partial charge in [0.25, 0.3) is 0 Å². The van der Waals surface area contributed by atoms with Crippen LogP contribution in [-0.4, -0.2) is 39.9 Å². The van der Waals surface area contributed by atoms with Crippen LogP contribution in [0.15, 0.2) is 12.4 Å². The number of carbonyl (C=O) groups excluding carboxylic acids is 1. The lowest BCUT2D eigenvalue weighted by Crippen LogP contribution is -2.46. The standard InChI is InChI=1S/C16H25ClN4O/c1-3-12(4-2)16(22)21-7-5-13(6-8-21)18-9-14-10-20-15(17)11-19-14/h10-13,18H,3-9H2,1-2H3. The summed E-state index contributed by atoms with van der Waals surface area (Å²) in [4.78, 5) is 22.6. The number of likely N-dealkylation sites (tertiary alicyclic amines) is 1. The molecule has 1 fully saturated rings. The van der Waals surface area contributed by atoms with E-state index in [2.05, 4.69) is 29.1 Å². The van der Waals surface area contributed by atoms with Crippen LogP contribution in [0.2, 0.25) is 5.15 Å². The van der Waals surface area contributed by atoms with Gasteiger partial charge in [-0.25, -0.2) is 4.98 Å². The summed E-state index contributed by atoms with van der Waals surface area (Å²) in [5.41, 5.74) is 0.889. The van der Waals surface area contributed by atoms with E-state index in [1.54, 1.807) is 12.4 Å². The normalized spacial score (nSPS) is 16.3. The molecule has 1 saturated heterocycles. The molecule has 0 atom stereocenters. The number of piperidine rings is 1. The first-order valence-corrected chi connectivity index (χ1v) is 8.50. The van der Waals surface area contributed by atoms with Crippen LogP contribution < -0.4 is 5.32 Å². The highest BCUT2D eigenvalue weighted by molar-refractivity contribution is 6.29. The van der Waals surface area contributed by atoms with Crippen molar-refractivity contribution in [3.63, 3.8) is 0 Å². The maximum Gasteiger partial charge on any atom is 0.225 e. The largest absolute Gasteiger partial charge is 0.342 e. The summed E-state index contributed by atoms with van der Waals surface area (Å²) in [7, 11) is 0. The molecule has 0 unspecified atom stereocenters. The van der Waals surface area contributed by atoms with Crippen molar-refractivity contribution in [2.24, 2.45) is 5.92 Å². The van der Waals surface area contributed by atoms with E-state index in [0.717, 1.165) is 44.5 Å². The van der Waals surface area contributed by atoms with Gasteiger partial charge in [-0.3, -0.25) is 9.78 Å².